The number of benzene rings is 1. The molecule has 0 bridgehead atoms. The van der Waals surface area contributed by atoms with E-state index >= 15 is 0 Å². The highest BCUT2D eigenvalue weighted by atomic mass is 35.5. The molecule has 0 saturated carbocycles. The third-order valence-electron chi connectivity index (χ3n) is 1.45. The van der Waals surface area contributed by atoms with Gasteiger partial charge >= 0.3 is 0 Å². The fourth-order valence-electron chi connectivity index (χ4n) is 0.855. The monoisotopic (exact) mass is 195 g/mol. The zero-order valence-electron chi connectivity index (χ0n) is 8.21. The molecule has 0 heterocycles. The molecule has 2 heteroatoms. The summed E-state index contributed by atoms with van der Waals surface area (Å²) in [6.07, 6.45) is 1.85. The van der Waals surface area contributed by atoms with Gasteiger partial charge in [-0.05, 0) is 38.5 Å². The predicted molar refractivity (Wildman–Crippen MR) is 58.8 cm³/mol. The molecule has 0 aromatic heterocycles. The van der Waals surface area contributed by atoms with Gasteiger partial charge in [-0.3, -0.25) is 4.99 Å². The van der Waals surface area contributed by atoms with Crippen molar-refractivity contribution < 1.29 is 0 Å². The van der Waals surface area contributed by atoms with Crippen LogP contribution in [0.25, 0.3) is 0 Å². The van der Waals surface area contributed by atoms with Crippen LogP contribution in [0.1, 0.15) is 26.3 Å². The van der Waals surface area contributed by atoms with Crippen molar-refractivity contribution in [3.05, 3.63) is 34.9 Å². The molecule has 0 atom stereocenters. The van der Waals surface area contributed by atoms with Gasteiger partial charge in [0.1, 0.15) is 0 Å². The topological polar surface area (TPSA) is 12.4 Å². The molecule has 1 aromatic carbocycles. The number of aliphatic imine (C=N–C) groups is 1. The maximum atomic E-state index is 5.83. The average molecular weight is 196 g/mol. The minimum atomic E-state index is -0.0255. The lowest BCUT2D eigenvalue weighted by atomic mass is 10.1. The Kier molecular flexibility index (Phi) is 3.10. The van der Waals surface area contributed by atoms with E-state index < -0.39 is 0 Å². The molecule has 0 amide bonds. The second-order valence-electron chi connectivity index (χ2n) is 3.98. The van der Waals surface area contributed by atoms with Crippen LogP contribution in [0.3, 0.4) is 0 Å². The Morgan fingerprint density at radius 3 is 2.54 bits per heavy atom. The Balaban J connectivity index is 2.80. The van der Waals surface area contributed by atoms with E-state index in [0.29, 0.717) is 0 Å². The van der Waals surface area contributed by atoms with Crippen molar-refractivity contribution in [1.29, 1.82) is 0 Å². The van der Waals surface area contributed by atoms with Crippen LogP contribution >= 0.6 is 11.6 Å². The molecule has 0 radical (unpaired) electrons. The fraction of sp³-hybridized carbons (Fsp3) is 0.364. The van der Waals surface area contributed by atoms with Gasteiger partial charge in [-0.1, -0.05) is 23.7 Å². The highest BCUT2D eigenvalue weighted by Gasteiger charge is 2.04. The second-order valence-corrected chi connectivity index (χ2v) is 4.42. The van der Waals surface area contributed by atoms with Crippen molar-refractivity contribution in [3.8, 4) is 0 Å². The quantitative estimate of drug-likeness (QED) is 0.608. The van der Waals surface area contributed by atoms with E-state index in [4.69, 9.17) is 11.6 Å². The van der Waals surface area contributed by atoms with Gasteiger partial charge in [0.15, 0.2) is 0 Å². The molecule has 0 N–H and O–H groups in total. The number of rotatable bonds is 1. The molecule has 1 nitrogen and oxygen atoms in total. The largest absolute Gasteiger partial charge is 0.287 e. The summed E-state index contributed by atoms with van der Waals surface area (Å²) in [5.41, 5.74) is 1.02. The molecule has 1 rings (SSSR count). The van der Waals surface area contributed by atoms with E-state index in [2.05, 4.69) is 25.8 Å². The van der Waals surface area contributed by atoms with Gasteiger partial charge in [-0.25, -0.2) is 0 Å². The average Bonchev–Trinajstić information content (AvgIpc) is 2.00. The highest BCUT2D eigenvalue weighted by molar-refractivity contribution is 6.30. The van der Waals surface area contributed by atoms with Crippen LogP contribution in [-0.4, -0.2) is 11.8 Å². The Morgan fingerprint density at radius 2 is 2.00 bits per heavy atom. The summed E-state index contributed by atoms with van der Waals surface area (Å²) in [5, 5.41) is 0.748. The van der Waals surface area contributed by atoms with Crippen molar-refractivity contribution in [2.45, 2.75) is 26.3 Å². The molecule has 1 aromatic rings. The minimum Gasteiger partial charge on any atom is -0.287 e. The van der Waals surface area contributed by atoms with Crippen LogP contribution in [0.15, 0.2) is 29.3 Å². The van der Waals surface area contributed by atoms with Gasteiger partial charge in [0.25, 0.3) is 0 Å². The van der Waals surface area contributed by atoms with Crippen LogP contribution in [-0.2, 0) is 0 Å². The molecule has 0 aliphatic heterocycles. The Morgan fingerprint density at radius 1 is 1.31 bits per heavy atom. The smallest absolute Gasteiger partial charge is 0.0524 e. The summed E-state index contributed by atoms with van der Waals surface area (Å²) in [5.74, 6) is 0. The third-order valence-corrected chi connectivity index (χ3v) is 1.68. The molecule has 70 valence electrons. The zero-order valence-corrected chi connectivity index (χ0v) is 8.97. The number of hydrogen-bond donors (Lipinski definition) is 0. The summed E-state index contributed by atoms with van der Waals surface area (Å²) in [6.45, 7) is 6.19. The molecular formula is C11H14ClN. The summed E-state index contributed by atoms with van der Waals surface area (Å²) in [4.78, 5) is 4.38. The SMILES string of the molecule is CC(C)(C)N=Cc1cccc(Cl)c1. The number of hydrogen-bond acceptors (Lipinski definition) is 1. The molecule has 13 heavy (non-hydrogen) atoms. The first-order valence-electron chi connectivity index (χ1n) is 4.28. The van der Waals surface area contributed by atoms with Gasteiger partial charge in [0.05, 0.1) is 5.54 Å². The van der Waals surface area contributed by atoms with Gasteiger partial charge in [-0.15, -0.1) is 0 Å². The van der Waals surface area contributed by atoms with Crippen LogP contribution in [0.2, 0.25) is 5.02 Å². The lowest BCUT2D eigenvalue weighted by molar-refractivity contribution is 0.586. The van der Waals surface area contributed by atoms with E-state index in [-0.39, 0.29) is 5.54 Å². The second kappa shape index (κ2) is 3.93. The van der Waals surface area contributed by atoms with E-state index in [1.54, 1.807) is 0 Å². The Labute approximate surface area is 84.5 Å². The van der Waals surface area contributed by atoms with E-state index in [9.17, 15) is 0 Å². The molecule has 0 aliphatic rings. The molecule has 0 aliphatic carbocycles. The first kappa shape index (κ1) is 10.3. The normalized spacial score (nSPS) is 12.3. The molecule has 0 saturated heterocycles. The van der Waals surface area contributed by atoms with Crippen molar-refractivity contribution in [1.82, 2.24) is 0 Å². The summed E-state index contributed by atoms with van der Waals surface area (Å²) < 4.78 is 0. The third kappa shape index (κ3) is 4.09. The first-order valence-corrected chi connectivity index (χ1v) is 4.66. The van der Waals surface area contributed by atoms with Crippen LogP contribution < -0.4 is 0 Å². The molecule has 0 fully saturated rings. The van der Waals surface area contributed by atoms with Crippen LogP contribution in [0.4, 0.5) is 0 Å². The van der Waals surface area contributed by atoms with Crippen LogP contribution in [0, 0.1) is 0 Å². The summed E-state index contributed by atoms with van der Waals surface area (Å²) in [7, 11) is 0. The minimum absolute atomic E-state index is 0.0255. The molecular weight excluding hydrogens is 182 g/mol. The van der Waals surface area contributed by atoms with Gasteiger partial charge in [0.2, 0.25) is 0 Å². The standard InChI is InChI=1S/C11H14ClN/c1-11(2,3)13-8-9-5-4-6-10(12)7-9/h4-8H,1-3H3. The van der Waals surface area contributed by atoms with Crippen LogP contribution in [0.5, 0.6) is 0 Å². The highest BCUT2D eigenvalue weighted by Crippen LogP contribution is 2.11. The van der Waals surface area contributed by atoms with Gasteiger partial charge in [0, 0.05) is 11.2 Å². The predicted octanol–water partition coefficient (Wildman–Crippen LogP) is 3.56. The zero-order chi connectivity index (χ0) is 9.90. The lowest BCUT2D eigenvalue weighted by Gasteiger charge is -2.10. The number of nitrogens with zero attached hydrogens (tertiary/aromatic N) is 1. The van der Waals surface area contributed by atoms with E-state index in [1.807, 2.05) is 30.5 Å². The maximum absolute atomic E-state index is 5.83. The Bertz CT molecular complexity index is 310. The maximum Gasteiger partial charge on any atom is 0.0524 e. The van der Waals surface area contributed by atoms with Gasteiger partial charge in [-0.2, -0.15) is 0 Å². The lowest BCUT2D eigenvalue weighted by Crippen LogP contribution is -2.09. The van der Waals surface area contributed by atoms with Crippen molar-refractivity contribution >= 4 is 17.8 Å². The van der Waals surface area contributed by atoms with E-state index in [1.165, 1.54) is 0 Å². The summed E-state index contributed by atoms with van der Waals surface area (Å²) >= 11 is 5.83. The molecule has 0 spiro atoms. The van der Waals surface area contributed by atoms with Crippen molar-refractivity contribution in [2.75, 3.05) is 0 Å². The van der Waals surface area contributed by atoms with Gasteiger partial charge < -0.3 is 0 Å². The van der Waals surface area contributed by atoms with Crippen molar-refractivity contribution in [3.63, 3.8) is 0 Å². The summed E-state index contributed by atoms with van der Waals surface area (Å²) in [6, 6.07) is 7.67. The number of halogens is 1. The molecule has 0 unspecified atom stereocenters. The van der Waals surface area contributed by atoms with Crippen molar-refractivity contribution in [2.24, 2.45) is 4.99 Å². The first-order chi connectivity index (χ1) is 5.97. The van der Waals surface area contributed by atoms with E-state index in [0.717, 1.165) is 10.6 Å². The fourth-order valence-corrected chi connectivity index (χ4v) is 1.05. The Hall–Kier alpha value is -0.820.